The van der Waals surface area contributed by atoms with Crippen LogP contribution in [-0.2, 0) is 0 Å². The topological polar surface area (TPSA) is 29.5 Å². The number of para-hydroxylation sites is 2. The highest BCUT2D eigenvalue weighted by Gasteiger charge is 2.21. The summed E-state index contributed by atoms with van der Waals surface area (Å²) in [4.78, 5) is 2.32. The van der Waals surface area contributed by atoms with E-state index in [1.54, 1.807) is 0 Å². The number of hydrogen-bond acceptors (Lipinski definition) is 3. The molecule has 2 aromatic heterocycles. The fourth-order valence-electron chi connectivity index (χ4n) is 8.11. The van der Waals surface area contributed by atoms with Gasteiger partial charge in [-0.15, -0.1) is 0 Å². The van der Waals surface area contributed by atoms with Crippen molar-refractivity contribution in [3.63, 3.8) is 0 Å². The van der Waals surface area contributed by atoms with Gasteiger partial charge in [-0.2, -0.15) is 0 Å². The molecule has 0 spiro atoms. The predicted octanol–water partition coefficient (Wildman–Crippen LogP) is 14.6. The Morgan fingerprint density at radius 1 is 0.340 bits per heavy atom. The summed E-state index contributed by atoms with van der Waals surface area (Å²) in [6.45, 7) is 0. The largest absolute Gasteiger partial charge is 0.455 e. The molecule has 0 saturated carbocycles. The third-order valence-corrected chi connectivity index (χ3v) is 10.6. The van der Waals surface area contributed by atoms with Gasteiger partial charge in [0.1, 0.15) is 16.7 Å². The zero-order valence-corrected chi connectivity index (χ0v) is 28.7. The zero-order valence-electron chi connectivity index (χ0n) is 28.7. The van der Waals surface area contributed by atoms with Crippen LogP contribution in [0.4, 0.5) is 17.1 Å². The normalized spacial score (nSPS) is 11.8. The van der Waals surface area contributed by atoms with E-state index in [9.17, 15) is 0 Å². The first-order chi connectivity index (χ1) is 26.3. The zero-order chi connectivity index (χ0) is 34.9. The van der Waals surface area contributed by atoms with Gasteiger partial charge in [-0.3, -0.25) is 0 Å². The molecule has 0 N–H and O–H groups in total. The highest BCUT2D eigenvalue weighted by atomic mass is 16.3. The van der Waals surface area contributed by atoms with Crippen molar-refractivity contribution in [3.8, 4) is 22.3 Å². The van der Waals surface area contributed by atoms with Crippen molar-refractivity contribution < 1.29 is 8.83 Å². The summed E-state index contributed by atoms with van der Waals surface area (Å²) >= 11 is 0. The second-order valence-electron chi connectivity index (χ2n) is 13.7. The maximum absolute atomic E-state index is 6.63. The second kappa shape index (κ2) is 11.7. The quantitative estimate of drug-likeness (QED) is 0.182. The maximum atomic E-state index is 6.63. The van der Waals surface area contributed by atoms with Crippen molar-refractivity contribution >= 4 is 82.5 Å². The molecular weight excluding hydrogens is 647 g/mol. The molecule has 248 valence electrons. The van der Waals surface area contributed by atoms with E-state index in [-0.39, 0.29) is 0 Å². The van der Waals surface area contributed by atoms with Crippen LogP contribution in [0.15, 0.2) is 197 Å². The van der Waals surface area contributed by atoms with E-state index < -0.39 is 0 Å². The lowest BCUT2D eigenvalue weighted by atomic mass is 9.97. The van der Waals surface area contributed by atoms with Gasteiger partial charge in [0.05, 0.1) is 5.69 Å². The number of benzene rings is 9. The van der Waals surface area contributed by atoms with Crippen molar-refractivity contribution in [1.82, 2.24) is 0 Å². The molecule has 9 aromatic carbocycles. The van der Waals surface area contributed by atoms with Crippen LogP contribution in [0.25, 0.3) is 87.7 Å². The fourth-order valence-corrected chi connectivity index (χ4v) is 8.11. The van der Waals surface area contributed by atoms with Crippen molar-refractivity contribution in [1.29, 1.82) is 0 Å². The summed E-state index contributed by atoms with van der Waals surface area (Å²) in [6.07, 6.45) is 0. The summed E-state index contributed by atoms with van der Waals surface area (Å²) in [6, 6.07) is 66.8. The second-order valence-corrected chi connectivity index (χ2v) is 13.7. The summed E-state index contributed by atoms with van der Waals surface area (Å²) in [7, 11) is 0. The molecule has 0 fully saturated rings. The molecule has 11 aromatic rings. The molecule has 3 heteroatoms. The van der Waals surface area contributed by atoms with E-state index in [1.807, 2.05) is 12.1 Å². The van der Waals surface area contributed by atoms with Gasteiger partial charge in [-0.25, -0.2) is 0 Å². The van der Waals surface area contributed by atoms with Crippen LogP contribution in [0, 0.1) is 0 Å². The van der Waals surface area contributed by atoms with Crippen molar-refractivity contribution in [3.05, 3.63) is 188 Å². The average Bonchev–Trinajstić information content (AvgIpc) is 3.81. The monoisotopic (exact) mass is 677 g/mol. The lowest BCUT2D eigenvalue weighted by molar-refractivity contribution is 0.669. The van der Waals surface area contributed by atoms with E-state index in [0.29, 0.717) is 0 Å². The molecule has 11 rings (SSSR count). The van der Waals surface area contributed by atoms with Gasteiger partial charge in [0, 0.05) is 38.3 Å². The molecule has 0 atom stereocenters. The highest BCUT2D eigenvalue weighted by molar-refractivity contribution is 6.19. The van der Waals surface area contributed by atoms with E-state index >= 15 is 0 Å². The number of nitrogens with zero attached hydrogens (tertiary/aromatic N) is 1. The minimum Gasteiger partial charge on any atom is -0.455 e. The molecule has 0 saturated heterocycles. The van der Waals surface area contributed by atoms with Crippen LogP contribution in [0.5, 0.6) is 0 Å². The molecular formula is C50H31NO2. The molecule has 2 heterocycles. The van der Waals surface area contributed by atoms with Crippen LogP contribution in [0.2, 0.25) is 0 Å². The predicted molar refractivity (Wildman–Crippen MR) is 222 cm³/mol. The maximum Gasteiger partial charge on any atom is 0.159 e. The minimum absolute atomic E-state index is 0.854. The lowest BCUT2D eigenvalue weighted by Gasteiger charge is -2.26. The molecule has 0 aliphatic rings. The van der Waals surface area contributed by atoms with Crippen molar-refractivity contribution in [2.75, 3.05) is 4.90 Å². The van der Waals surface area contributed by atoms with Crippen molar-refractivity contribution in [2.45, 2.75) is 0 Å². The van der Waals surface area contributed by atoms with Crippen molar-refractivity contribution in [2.24, 2.45) is 0 Å². The number of rotatable bonds is 5. The lowest BCUT2D eigenvalue weighted by Crippen LogP contribution is -2.10. The van der Waals surface area contributed by atoms with E-state index in [1.165, 1.54) is 27.3 Å². The number of furan rings is 2. The molecule has 0 bridgehead atoms. The molecule has 3 nitrogen and oxygen atoms in total. The van der Waals surface area contributed by atoms with Gasteiger partial charge in [-0.05, 0) is 93.0 Å². The van der Waals surface area contributed by atoms with Gasteiger partial charge in [0.2, 0.25) is 0 Å². The van der Waals surface area contributed by atoms with Crippen LogP contribution in [-0.4, -0.2) is 0 Å². The first-order valence-corrected chi connectivity index (χ1v) is 18.0. The van der Waals surface area contributed by atoms with Gasteiger partial charge in [-0.1, -0.05) is 133 Å². The van der Waals surface area contributed by atoms with Crippen LogP contribution < -0.4 is 4.90 Å². The van der Waals surface area contributed by atoms with Gasteiger partial charge < -0.3 is 13.7 Å². The Morgan fingerprint density at radius 2 is 1.02 bits per heavy atom. The highest BCUT2D eigenvalue weighted by Crippen LogP contribution is 2.45. The van der Waals surface area contributed by atoms with Gasteiger partial charge >= 0.3 is 0 Å². The molecule has 0 radical (unpaired) electrons. The van der Waals surface area contributed by atoms with Gasteiger partial charge in [0.25, 0.3) is 0 Å². The van der Waals surface area contributed by atoms with E-state index in [0.717, 1.165) is 77.5 Å². The van der Waals surface area contributed by atoms with Gasteiger partial charge in [0.15, 0.2) is 5.58 Å². The standard InChI is InChI=1S/C50H31NO2/c1-2-12-35-30-36(23-22-32(35)10-1)33-24-27-38(28-25-33)51(45-19-8-18-43-42-16-5-6-20-46(42)52-50(43)45)39-14-7-13-37(31-39)40-17-9-21-47-48(40)44-29-26-34-11-3-4-15-41(34)49(44)53-47/h1-31H. The minimum atomic E-state index is 0.854. The Morgan fingerprint density at radius 3 is 1.92 bits per heavy atom. The Hall–Kier alpha value is -7.10. The first kappa shape index (κ1) is 29.6. The number of hydrogen-bond donors (Lipinski definition) is 0. The summed E-state index contributed by atoms with van der Waals surface area (Å²) in [5.74, 6) is 0. The molecule has 53 heavy (non-hydrogen) atoms. The number of fused-ring (bicyclic) bond motifs is 9. The Kier molecular flexibility index (Phi) is 6.55. The van der Waals surface area contributed by atoms with Crippen LogP contribution in [0.1, 0.15) is 0 Å². The van der Waals surface area contributed by atoms with E-state index in [4.69, 9.17) is 8.83 Å². The smallest absolute Gasteiger partial charge is 0.159 e. The summed E-state index contributed by atoms with van der Waals surface area (Å²) in [5, 5.41) is 9.21. The third-order valence-electron chi connectivity index (χ3n) is 10.6. The molecule has 0 unspecified atom stereocenters. The third kappa shape index (κ3) is 4.75. The Labute approximate surface area is 305 Å². The van der Waals surface area contributed by atoms with Crippen LogP contribution in [0.3, 0.4) is 0 Å². The molecule has 0 aliphatic heterocycles. The molecule has 0 amide bonds. The fraction of sp³-hybridized carbons (Fsp3) is 0. The summed E-state index contributed by atoms with van der Waals surface area (Å²) in [5.41, 5.74) is 11.2. The first-order valence-electron chi connectivity index (χ1n) is 18.0. The SMILES string of the molecule is c1cc(-c2cccc3oc4c5ccccc5ccc4c23)cc(N(c2ccc(-c3ccc4ccccc4c3)cc2)c2cccc3c2oc2ccccc23)c1. The van der Waals surface area contributed by atoms with Crippen LogP contribution >= 0.6 is 0 Å². The Bertz CT molecular complexity index is 3180. The summed E-state index contributed by atoms with van der Waals surface area (Å²) < 4.78 is 13.2. The van der Waals surface area contributed by atoms with E-state index in [2.05, 4.69) is 181 Å². The number of anilines is 3. The average molecular weight is 678 g/mol. The molecule has 0 aliphatic carbocycles. The Balaban J connectivity index is 1.10.